The molecule has 8 aromatic carbocycles. The lowest BCUT2D eigenvalue weighted by Gasteiger charge is -2.32. The molecule has 0 radical (unpaired) electrons. The number of fused-ring (bicyclic) bond motifs is 10. The van der Waals surface area contributed by atoms with E-state index < -0.39 is 162 Å². The van der Waals surface area contributed by atoms with Crippen molar-refractivity contribution in [3.8, 4) is 22.3 Å². The van der Waals surface area contributed by atoms with Crippen LogP contribution < -0.4 is 31.8 Å². The predicted molar refractivity (Wildman–Crippen MR) is 222 cm³/mol. The molecule has 0 fully saturated rings. The summed E-state index contributed by atoms with van der Waals surface area (Å²) in [5.74, 6) is 0. The van der Waals surface area contributed by atoms with Gasteiger partial charge in [0.2, 0.25) is 0 Å². The first-order valence-electron chi connectivity index (χ1n) is 26.3. The third-order valence-electron chi connectivity index (χ3n) is 9.99. The summed E-state index contributed by atoms with van der Waals surface area (Å²) >= 11 is 0. The van der Waals surface area contributed by atoms with Gasteiger partial charge < -0.3 is 9.13 Å². The van der Waals surface area contributed by atoms with Crippen molar-refractivity contribution in [2.75, 3.05) is 0 Å². The number of hydrogen-bond acceptors (Lipinski definition) is 2. The zero-order valence-corrected chi connectivity index (χ0v) is 29.1. The molecule has 2 aliphatic rings. The molecule has 1 spiro atoms. The van der Waals surface area contributed by atoms with Gasteiger partial charge in [-0.1, -0.05) is 194 Å². The Morgan fingerprint density at radius 2 is 0.642 bits per heavy atom. The highest BCUT2D eigenvalue weighted by molar-refractivity contribution is 7.85. The molecule has 0 saturated carbocycles. The molecule has 0 aliphatic heterocycles. The first kappa shape index (κ1) is 17.4. The maximum absolute atomic E-state index is 16.8. The van der Waals surface area contributed by atoms with Gasteiger partial charge in [-0.25, -0.2) is 0 Å². The molecule has 0 bridgehead atoms. The molecule has 4 heteroatoms. The van der Waals surface area contributed by atoms with Crippen molar-refractivity contribution in [2.24, 2.45) is 0 Å². The highest BCUT2D eigenvalue weighted by Crippen LogP contribution is 2.63. The molecule has 0 N–H and O–H groups in total. The standard InChI is InChI=1S/C49H34O2P2/c50-52(35-17-5-1-6-18-35,36-19-7-2-8-20-36)39-29-31-43-41-25-13-15-27-45(41)49(47(43)33-39)46-28-16-14-26-42(46)44-32-30-40(34-48(44)49)53(51,37-21-9-3-10-22-37)38-23-11-4-12-24-38/h1-34H/i1D,2D,3D,4D,5D,6D,7D,8D,9D,10D,11D,12D,17D,18D,19D,20D,21D,22D,23D,24D. The molecule has 2 aliphatic carbocycles. The van der Waals surface area contributed by atoms with Gasteiger partial charge in [0.15, 0.2) is 14.3 Å². The molecule has 0 aromatic heterocycles. The second-order valence-corrected chi connectivity index (χ2v) is 17.7. The van der Waals surface area contributed by atoms with Crippen LogP contribution in [0.3, 0.4) is 0 Å². The minimum atomic E-state index is -5.22. The van der Waals surface area contributed by atoms with Gasteiger partial charge in [-0.05, 0) is 56.6 Å². The Hall–Kier alpha value is -5.78. The predicted octanol–water partition coefficient (Wildman–Crippen LogP) is 9.31. The van der Waals surface area contributed by atoms with Crippen LogP contribution in [0.1, 0.15) is 49.7 Å². The van der Waals surface area contributed by atoms with Crippen molar-refractivity contribution >= 4 is 46.1 Å². The molecule has 0 amide bonds. The third-order valence-corrected chi connectivity index (χ3v) is 15.4. The Bertz CT molecular complexity index is 3450. The molecule has 0 saturated heterocycles. The van der Waals surface area contributed by atoms with Crippen LogP contribution in [0.5, 0.6) is 0 Å². The fourth-order valence-electron chi connectivity index (χ4n) is 7.85. The van der Waals surface area contributed by atoms with Crippen LogP contribution in [0.4, 0.5) is 0 Å². The Kier molecular flexibility index (Phi) is 3.98. The van der Waals surface area contributed by atoms with Crippen molar-refractivity contribution in [3.63, 3.8) is 0 Å². The van der Waals surface area contributed by atoms with E-state index in [-0.39, 0.29) is 10.6 Å². The average Bonchev–Trinajstić information content (AvgIpc) is 3.85. The second-order valence-electron chi connectivity index (χ2n) is 12.4. The van der Waals surface area contributed by atoms with E-state index in [0.717, 1.165) is 0 Å². The topological polar surface area (TPSA) is 34.1 Å². The first-order chi connectivity index (χ1) is 34.3. The Morgan fingerprint density at radius 1 is 0.340 bits per heavy atom. The van der Waals surface area contributed by atoms with Gasteiger partial charge >= 0.3 is 0 Å². The summed E-state index contributed by atoms with van der Waals surface area (Å²) in [6.45, 7) is 0. The monoisotopic (exact) mass is 736 g/mol. The highest BCUT2D eigenvalue weighted by Gasteiger charge is 2.52. The summed E-state index contributed by atoms with van der Waals surface area (Å²) in [6.07, 6.45) is 0. The van der Waals surface area contributed by atoms with Crippen LogP contribution in [0.15, 0.2) is 206 Å². The lowest BCUT2D eigenvalue weighted by molar-refractivity contribution is 0.591. The van der Waals surface area contributed by atoms with Gasteiger partial charge in [-0.2, -0.15) is 0 Å². The fraction of sp³-hybridized carbons (Fsp3) is 0.0204. The Balaban J connectivity index is 1.38. The van der Waals surface area contributed by atoms with Gasteiger partial charge in [0, 0.05) is 31.8 Å². The van der Waals surface area contributed by atoms with Crippen molar-refractivity contribution in [3.05, 3.63) is 228 Å². The number of rotatable bonds is 6. The van der Waals surface area contributed by atoms with E-state index in [1.54, 1.807) is 60.7 Å². The second kappa shape index (κ2) is 12.1. The maximum Gasteiger partial charge on any atom is 0.171 e. The van der Waals surface area contributed by atoms with Gasteiger partial charge in [0.1, 0.15) is 0 Å². The summed E-state index contributed by atoms with van der Waals surface area (Å²) in [7, 11) is -10.4. The van der Waals surface area contributed by atoms with E-state index in [2.05, 4.69) is 0 Å². The largest absolute Gasteiger partial charge is 0.309 e. The Labute approximate surface area is 338 Å². The van der Waals surface area contributed by atoms with Crippen LogP contribution in [0.25, 0.3) is 22.3 Å². The minimum absolute atomic E-state index is 0.301. The molecule has 0 atom stereocenters. The van der Waals surface area contributed by atoms with Gasteiger partial charge in [0.05, 0.1) is 32.8 Å². The van der Waals surface area contributed by atoms with Crippen LogP contribution in [0.2, 0.25) is 0 Å². The number of hydrogen-bond donors (Lipinski definition) is 0. The first-order valence-corrected chi connectivity index (χ1v) is 19.8. The van der Waals surface area contributed by atoms with E-state index in [0.29, 0.717) is 44.5 Å². The summed E-state index contributed by atoms with van der Waals surface area (Å²) in [4.78, 5) is 0. The molecule has 0 heterocycles. The molecular weight excluding hydrogens is 682 g/mol. The van der Waals surface area contributed by atoms with Crippen LogP contribution in [-0.2, 0) is 14.5 Å². The minimum Gasteiger partial charge on any atom is -0.309 e. The average molecular weight is 737 g/mol. The normalized spacial score (nSPS) is 18.9. The van der Waals surface area contributed by atoms with Crippen molar-refractivity contribution < 1.29 is 36.5 Å². The van der Waals surface area contributed by atoms with Crippen LogP contribution >= 0.6 is 14.3 Å². The van der Waals surface area contributed by atoms with Gasteiger partial charge in [-0.3, -0.25) is 0 Å². The lowest BCUT2D eigenvalue weighted by Crippen LogP contribution is -2.31. The fourth-order valence-corrected chi connectivity index (χ4v) is 12.2. The molecule has 2 nitrogen and oxygen atoms in total. The van der Waals surface area contributed by atoms with Gasteiger partial charge in [-0.15, -0.1) is 0 Å². The van der Waals surface area contributed by atoms with E-state index in [1.165, 1.54) is 24.3 Å². The van der Waals surface area contributed by atoms with Crippen LogP contribution in [-0.4, -0.2) is 0 Å². The zero-order valence-electron chi connectivity index (χ0n) is 47.3. The summed E-state index contributed by atoms with van der Waals surface area (Å²) in [6, 6.07) is 4.71. The summed E-state index contributed by atoms with van der Waals surface area (Å²) in [5, 5.41) is -3.91. The van der Waals surface area contributed by atoms with E-state index in [9.17, 15) is 0 Å². The highest BCUT2D eigenvalue weighted by atomic mass is 31.2. The zero-order chi connectivity index (χ0) is 53.0. The van der Waals surface area contributed by atoms with Gasteiger partial charge in [0.25, 0.3) is 0 Å². The van der Waals surface area contributed by atoms with Crippen molar-refractivity contribution in [2.45, 2.75) is 5.41 Å². The lowest BCUT2D eigenvalue weighted by atomic mass is 9.70. The quantitative estimate of drug-likeness (QED) is 0.160. The van der Waals surface area contributed by atoms with E-state index in [1.807, 2.05) is 0 Å². The smallest absolute Gasteiger partial charge is 0.171 e. The maximum atomic E-state index is 16.8. The Morgan fingerprint density at radius 3 is 0.981 bits per heavy atom. The summed E-state index contributed by atoms with van der Waals surface area (Å²) < 4.78 is 209. The van der Waals surface area contributed by atoms with Crippen LogP contribution in [0, 0.1) is 0 Å². The van der Waals surface area contributed by atoms with E-state index >= 15 is 9.13 Å². The molecule has 0 unspecified atom stereocenters. The molecule has 252 valence electrons. The SMILES string of the molecule is [2H]c1c([2H])c([2H])c(P(=O)(c2ccc3c(c2)C2(c4ccccc4-3)c3ccccc3-c3ccc(P(=O)(c4c([2H])c([2H])c([2H])c([2H])c4[2H])c4c([2H])c([2H])c([2H])c([2H])c4[2H])cc32)c2c([2H])c([2H])c([2H])c([2H])c2[2H])c([2H])c1[2H]. The molecule has 53 heavy (non-hydrogen) atoms. The molecule has 8 aromatic rings. The molecule has 10 rings (SSSR count). The van der Waals surface area contributed by atoms with E-state index in [4.69, 9.17) is 27.4 Å². The van der Waals surface area contributed by atoms with Crippen molar-refractivity contribution in [1.82, 2.24) is 0 Å². The number of benzene rings is 8. The third kappa shape index (κ3) is 4.47. The molecular formula is C49H34O2P2. The van der Waals surface area contributed by atoms with Crippen molar-refractivity contribution in [1.29, 1.82) is 0 Å². The summed E-state index contributed by atoms with van der Waals surface area (Å²) in [5.41, 5.74) is 2.29.